The van der Waals surface area contributed by atoms with Gasteiger partial charge in [0.05, 0.1) is 0 Å². The molecule has 0 radical (unpaired) electrons. The minimum absolute atomic E-state index is 0.268. The molecule has 0 bridgehead atoms. The molecule has 3 rings (SSSR count). The molecule has 1 aromatic carbocycles. The van der Waals surface area contributed by atoms with Crippen LogP contribution in [0.3, 0.4) is 0 Å². The third-order valence-electron chi connectivity index (χ3n) is 3.61. The predicted molar refractivity (Wildman–Crippen MR) is 80.1 cm³/mol. The number of likely N-dealkylation sites (tertiary alicyclic amines) is 1. The minimum atomic E-state index is 0.268. The molecule has 3 heteroatoms. The van der Waals surface area contributed by atoms with E-state index in [2.05, 4.69) is 34.1 Å². The first-order valence-corrected chi connectivity index (χ1v) is 6.95. The largest absolute Gasteiger partial charge is 0.362 e. The maximum atomic E-state index is 12.0. The van der Waals surface area contributed by atoms with Crippen LogP contribution in [0, 0.1) is 0 Å². The Kier molecular flexibility index (Phi) is 3.79. The van der Waals surface area contributed by atoms with Crippen molar-refractivity contribution in [1.29, 1.82) is 0 Å². The number of H-pyrrole nitrogens is 1. The van der Waals surface area contributed by atoms with Crippen molar-refractivity contribution in [3.63, 3.8) is 0 Å². The van der Waals surface area contributed by atoms with Gasteiger partial charge in [-0.25, -0.2) is 0 Å². The molecule has 3 nitrogen and oxygen atoms in total. The Hall–Kier alpha value is -2.13. The minimum Gasteiger partial charge on any atom is -0.362 e. The van der Waals surface area contributed by atoms with E-state index < -0.39 is 0 Å². The molecule has 0 spiro atoms. The van der Waals surface area contributed by atoms with E-state index in [0.29, 0.717) is 6.42 Å². The van der Waals surface area contributed by atoms with Crippen LogP contribution in [0.1, 0.15) is 17.7 Å². The summed E-state index contributed by atoms with van der Waals surface area (Å²) in [7, 11) is 0. The van der Waals surface area contributed by atoms with Crippen LogP contribution in [0.25, 0.3) is 6.08 Å². The van der Waals surface area contributed by atoms with Crippen molar-refractivity contribution in [3.8, 4) is 0 Å². The number of Topliss-reactive ketones (excluding diaryl/α,β-unsaturated/α-hetero) is 1. The standard InChI is InChI=1S/C17H18N2O/c20-17-8-10-19(12-14-5-2-1-3-6-14)13-15(17)11-16-7-4-9-18-16/h1-7,9,11,18H,8,10,12-13H2/b15-11+. The van der Waals surface area contributed by atoms with Gasteiger partial charge in [-0.15, -0.1) is 0 Å². The highest BCUT2D eigenvalue weighted by Crippen LogP contribution is 2.17. The molecule has 1 aliphatic heterocycles. The quantitative estimate of drug-likeness (QED) is 0.867. The van der Waals surface area contributed by atoms with Crippen molar-refractivity contribution in [2.45, 2.75) is 13.0 Å². The Labute approximate surface area is 118 Å². The van der Waals surface area contributed by atoms with Crippen molar-refractivity contribution in [1.82, 2.24) is 9.88 Å². The lowest BCUT2D eigenvalue weighted by Crippen LogP contribution is -2.35. The molecular weight excluding hydrogens is 248 g/mol. The van der Waals surface area contributed by atoms with Crippen molar-refractivity contribution >= 4 is 11.9 Å². The van der Waals surface area contributed by atoms with Gasteiger partial charge >= 0.3 is 0 Å². The predicted octanol–water partition coefficient (Wildman–Crippen LogP) is 2.87. The molecule has 1 N–H and O–H groups in total. The molecule has 2 heterocycles. The summed E-state index contributed by atoms with van der Waals surface area (Å²) in [4.78, 5) is 17.5. The molecule has 1 aliphatic rings. The smallest absolute Gasteiger partial charge is 0.161 e. The van der Waals surface area contributed by atoms with Gasteiger partial charge in [0.2, 0.25) is 0 Å². The van der Waals surface area contributed by atoms with Crippen LogP contribution in [-0.2, 0) is 11.3 Å². The molecule has 0 atom stereocenters. The highest BCUT2D eigenvalue weighted by Gasteiger charge is 2.21. The van der Waals surface area contributed by atoms with E-state index in [0.717, 1.165) is 30.9 Å². The van der Waals surface area contributed by atoms with E-state index in [1.807, 2.05) is 30.5 Å². The van der Waals surface area contributed by atoms with Gasteiger partial charge in [-0.1, -0.05) is 30.3 Å². The number of aromatic amines is 1. The molecule has 0 saturated carbocycles. The van der Waals surface area contributed by atoms with Crippen LogP contribution < -0.4 is 0 Å². The van der Waals surface area contributed by atoms with E-state index in [-0.39, 0.29) is 5.78 Å². The Morgan fingerprint density at radius 1 is 1.15 bits per heavy atom. The second-order valence-corrected chi connectivity index (χ2v) is 5.16. The second-order valence-electron chi connectivity index (χ2n) is 5.16. The van der Waals surface area contributed by atoms with E-state index in [9.17, 15) is 4.79 Å². The molecule has 1 aromatic heterocycles. The van der Waals surface area contributed by atoms with Crippen LogP contribution in [0.15, 0.2) is 54.2 Å². The van der Waals surface area contributed by atoms with Gasteiger partial charge in [0, 0.05) is 43.5 Å². The molecule has 0 amide bonds. The maximum Gasteiger partial charge on any atom is 0.161 e. The average molecular weight is 266 g/mol. The molecule has 0 unspecified atom stereocenters. The number of carbonyl (C=O) groups excluding carboxylic acids is 1. The van der Waals surface area contributed by atoms with E-state index in [4.69, 9.17) is 0 Å². The zero-order valence-electron chi connectivity index (χ0n) is 11.4. The van der Waals surface area contributed by atoms with Gasteiger partial charge < -0.3 is 4.98 Å². The monoisotopic (exact) mass is 266 g/mol. The Morgan fingerprint density at radius 3 is 2.75 bits per heavy atom. The first kappa shape index (κ1) is 12.9. The highest BCUT2D eigenvalue weighted by atomic mass is 16.1. The van der Waals surface area contributed by atoms with Crippen LogP contribution in [-0.4, -0.2) is 28.8 Å². The summed E-state index contributed by atoms with van der Waals surface area (Å²) in [6.45, 7) is 2.47. The number of nitrogens with one attached hydrogen (secondary N) is 1. The first-order chi connectivity index (χ1) is 9.81. The van der Waals surface area contributed by atoms with E-state index in [1.54, 1.807) is 0 Å². The number of piperidine rings is 1. The lowest BCUT2D eigenvalue weighted by molar-refractivity contribution is -0.117. The number of ketones is 1. The summed E-state index contributed by atoms with van der Waals surface area (Å²) in [5.74, 6) is 0.268. The van der Waals surface area contributed by atoms with Crippen molar-refractivity contribution in [3.05, 3.63) is 65.5 Å². The normalized spacial score (nSPS) is 18.6. The Morgan fingerprint density at radius 2 is 2.00 bits per heavy atom. The third kappa shape index (κ3) is 3.06. The maximum absolute atomic E-state index is 12.0. The fourth-order valence-electron chi connectivity index (χ4n) is 2.55. The van der Waals surface area contributed by atoms with Crippen LogP contribution in [0.5, 0.6) is 0 Å². The fourth-order valence-corrected chi connectivity index (χ4v) is 2.55. The fraction of sp³-hybridized carbons (Fsp3) is 0.235. The molecule has 1 fully saturated rings. The molecule has 2 aromatic rings. The molecule has 102 valence electrons. The molecule has 0 aliphatic carbocycles. The first-order valence-electron chi connectivity index (χ1n) is 6.95. The third-order valence-corrected chi connectivity index (χ3v) is 3.61. The molecule has 1 saturated heterocycles. The number of hydrogen-bond acceptors (Lipinski definition) is 2. The number of benzene rings is 1. The number of rotatable bonds is 3. The Balaban J connectivity index is 1.72. The van der Waals surface area contributed by atoms with Gasteiger partial charge in [-0.05, 0) is 23.8 Å². The van der Waals surface area contributed by atoms with Gasteiger partial charge in [0.15, 0.2) is 5.78 Å². The summed E-state index contributed by atoms with van der Waals surface area (Å²) in [6.07, 6.45) is 4.46. The number of carbonyl (C=O) groups is 1. The highest BCUT2D eigenvalue weighted by molar-refractivity contribution is 6.00. The zero-order valence-corrected chi connectivity index (χ0v) is 11.4. The number of hydrogen-bond donors (Lipinski definition) is 1. The number of nitrogens with zero attached hydrogens (tertiary/aromatic N) is 1. The van der Waals surface area contributed by atoms with Crippen molar-refractivity contribution in [2.75, 3.05) is 13.1 Å². The van der Waals surface area contributed by atoms with Crippen LogP contribution in [0.4, 0.5) is 0 Å². The molecular formula is C17H18N2O. The van der Waals surface area contributed by atoms with Gasteiger partial charge in [-0.2, -0.15) is 0 Å². The Bertz CT molecular complexity index is 599. The van der Waals surface area contributed by atoms with Gasteiger partial charge in [0.1, 0.15) is 0 Å². The SMILES string of the molecule is O=C1CCN(Cc2ccccc2)C/C1=C\c1ccc[nH]1. The number of aromatic nitrogens is 1. The summed E-state index contributed by atoms with van der Waals surface area (Å²) in [5.41, 5.74) is 3.19. The lowest BCUT2D eigenvalue weighted by atomic mass is 10.0. The summed E-state index contributed by atoms with van der Waals surface area (Å²) >= 11 is 0. The van der Waals surface area contributed by atoms with Crippen molar-refractivity contribution < 1.29 is 4.79 Å². The lowest BCUT2D eigenvalue weighted by Gasteiger charge is -2.27. The van der Waals surface area contributed by atoms with Crippen LogP contribution >= 0.6 is 0 Å². The van der Waals surface area contributed by atoms with Gasteiger partial charge in [0.25, 0.3) is 0 Å². The van der Waals surface area contributed by atoms with E-state index in [1.165, 1.54) is 5.56 Å². The average Bonchev–Trinajstić information content (AvgIpc) is 2.97. The molecule has 20 heavy (non-hydrogen) atoms. The second kappa shape index (κ2) is 5.88. The summed E-state index contributed by atoms with van der Waals surface area (Å²) in [6, 6.07) is 14.3. The van der Waals surface area contributed by atoms with Crippen molar-refractivity contribution in [2.24, 2.45) is 0 Å². The summed E-state index contributed by atoms with van der Waals surface area (Å²) < 4.78 is 0. The topological polar surface area (TPSA) is 36.1 Å². The summed E-state index contributed by atoms with van der Waals surface area (Å²) in [5, 5.41) is 0. The van der Waals surface area contributed by atoms with E-state index >= 15 is 0 Å². The van der Waals surface area contributed by atoms with Gasteiger partial charge in [-0.3, -0.25) is 9.69 Å². The van der Waals surface area contributed by atoms with Crippen LogP contribution in [0.2, 0.25) is 0 Å². The zero-order chi connectivity index (χ0) is 13.8.